The fraction of sp³-hybridized carbons (Fsp3) is 0.429. The molecule has 8 heteroatoms. The van der Waals surface area contributed by atoms with E-state index in [1.54, 1.807) is 13.8 Å². The van der Waals surface area contributed by atoms with Crippen molar-refractivity contribution in [3.63, 3.8) is 0 Å². The Morgan fingerprint density at radius 2 is 2.18 bits per heavy atom. The highest BCUT2D eigenvalue weighted by Crippen LogP contribution is 2.20. The third-order valence-corrected chi connectivity index (χ3v) is 3.16. The normalized spacial score (nSPS) is 12.2. The van der Waals surface area contributed by atoms with E-state index in [9.17, 15) is 14.4 Å². The van der Waals surface area contributed by atoms with Crippen molar-refractivity contribution < 1.29 is 18.7 Å². The van der Waals surface area contributed by atoms with Gasteiger partial charge in [-0.15, -0.1) is 0 Å². The number of hydrogen-bond donors (Lipinski definition) is 1. The third kappa shape index (κ3) is 2.72. The van der Waals surface area contributed by atoms with E-state index >= 15 is 0 Å². The topological polar surface area (TPSA) is 103 Å². The van der Waals surface area contributed by atoms with Crippen LogP contribution in [-0.4, -0.2) is 34.1 Å². The zero-order chi connectivity index (χ0) is 16.4. The first kappa shape index (κ1) is 15.7. The summed E-state index contributed by atoms with van der Waals surface area (Å²) in [5.74, 6) is -0.867. The number of carbonyl (C=O) groups is 2. The van der Waals surface area contributed by atoms with Crippen molar-refractivity contribution in [3.05, 3.63) is 28.0 Å². The number of hydrogen-bond acceptors (Lipinski definition) is 6. The van der Waals surface area contributed by atoms with Gasteiger partial charge in [0.05, 0.1) is 12.2 Å². The maximum atomic E-state index is 12.4. The van der Waals surface area contributed by atoms with Gasteiger partial charge in [0, 0.05) is 7.05 Å². The minimum Gasteiger partial charge on any atom is -0.464 e. The summed E-state index contributed by atoms with van der Waals surface area (Å²) in [5.41, 5.74) is -0.217. The van der Waals surface area contributed by atoms with Crippen LogP contribution in [0.25, 0.3) is 11.1 Å². The lowest BCUT2D eigenvalue weighted by Gasteiger charge is -2.12. The minimum absolute atomic E-state index is 0.0832. The number of ether oxygens (including phenoxy) is 1. The van der Waals surface area contributed by atoms with E-state index in [1.165, 1.54) is 24.9 Å². The number of furan rings is 1. The molecule has 0 saturated carbocycles. The van der Waals surface area contributed by atoms with Crippen LogP contribution in [0.5, 0.6) is 0 Å². The Kier molecular flexibility index (Phi) is 4.30. The Morgan fingerprint density at radius 1 is 1.50 bits per heavy atom. The Bertz CT molecular complexity index is 790. The van der Waals surface area contributed by atoms with Crippen LogP contribution in [0.15, 0.2) is 15.5 Å². The summed E-state index contributed by atoms with van der Waals surface area (Å²) < 4.78 is 11.4. The molecule has 2 aromatic heterocycles. The number of rotatable bonds is 4. The van der Waals surface area contributed by atoms with Crippen LogP contribution in [0.4, 0.5) is 0 Å². The van der Waals surface area contributed by atoms with Gasteiger partial charge in [-0.3, -0.25) is 9.59 Å². The molecule has 118 valence electrons. The first-order valence-electron chi connectivity index (χ1n) is 6.79. The highest BCUT2D eigenvalue weighted by molar-refractivity contribution is 6.07. The van der Waals surface area contributed by atoms with Crippen molar-refractivity contribution >= 4 is 23.0 Å². The molecule has 0 aliphatic heterocycles. The van der Waals surface area contributed by atoms with Crippen molar-refractivity contribution in [3.8, 4) is 0 Å². The van der Waals surface area contributed by atoms with E-state index in [1.807, 2.05) is 0 Å². The van der Waals surface area contributed by atoms with Crippen molar-refractivity contribution in [1.82, 2.24) is 14.9 Å². The molecule has 1 amide bonds. The lowest BCUT2D eigenvalue weighted by Crippen LogP contribution is -2.40. The van der Waals surface area contributed by atoms with E-state index in [0.717, 1.165) is 0 Å². The van der Waals surface area contributed by atoms with Gasteiger partial charge >= 0.3 is 5.97 Å². The number of esters is 1. The maximum absolute atomic E-state index is 12.4. The second kappa shape index (κ2) is 6.00. The molecule has 2 aromatic rings. The monoisotopic (exact) mass is 307 g/mol. The van der Waals surface area contributed by atoms with Crippen molar-refractivity contribution in [2.24, 2.45) is 7.05 Å². The van der Waals surface area contributed by atoms with Gasteiger partial charge in [0.15, 0.2) is 0 Å². The second-order valence-corrected chi connectivity index (χ2v) is 4.82. The van der Waals surface area contributed by atoms with Gasteiger partial charge in [-0.05, 0) is 20.8 Å². The summed E-state index contributed by atoms with van der Waals surface area (Å²) in [6, 6.07) is -0.836. The Balaban J connectivity index is 2.40. The van der Waals surface area contributed by atoms with Crippen LogP contribution >= 0.6 is 0 Å². The van der Waals surface area contributed by atoms with Gasteiger partial charge in [0.2, 0.25) is 5.71 Å². The van der Waals surface area contributed by atoms with Crippen molar-refractivity contribution in [2.45, 2.75) is 26.8 Å². The molecular weight excluding hydrogens is 290 g/mol. The van der Waals surface area contributed by atoms with Gasteiger partial charge in [0.1, 0.15) is 23.5 Å². The predicted molar refractivity (Wildman–Crippen MR) is 77.5 cm³/mol. The average Bonchev–Trinajstić information content (AvgIpc) is 2.80. The number of aromatic nitrogens is 2. The molecule has 0 aliphatic carbocycles. The van der Waals surface area contributed by atoms with E-state index in [2.05, 4.69) is 10.3 Å². The van der Waals surface area contributed by atoms with E-state index < -0.39 is 23.5 Å². The molecule has 0 bridgehead atoms. The highest BCUT2D eigenvalue weighted by atomic mass is 16.5. The summed E-state index contributed by atoms with van der Waals surface area (Å²) in [6.45, 7) is 4.96. The quantitative estimate of drug-likeness (QED) is 0.826. The van der Waals surface area contributed by atoms with E-state index in [0.29, 0.717) is 0 Å². The molecular formula is C14H17N3O5. The summed E-state index contributed by atoms with van der Waals surface area (Å²) in [4.78, 5) is 40.1. The summed E-state index contributed by atoms with van der Waals surface area (Å²) >= 11 is 0. The van der Waals surface area contributed by atoms with Crippen LogP contribution in [0.3, 0.4) is 0 Å². The summed E-state index contributed by atoms with van der Waals surface area (Å²) in [7, 11) is 1.53. The molecule has 2 heterocycles. The Morgan fingerprint density at radius 3 is 2.82 bits per heavy atom. The van der Waals surface area contributed by atoms with Crippen LogP contribution < -0.4 is 10.9 Å². The number of nitrogens with one attached hydrogen (secondary N) is 1. The van der Waals surface area contributed by atoms with E-state index in [4.69, 9.17) is 9.15 Å². The van der Waals surface area contributed by atoms with Gasteiger partial charge in [0.25, 0.3) is 11.5 Å². The molecule has 0 unspecified atom stereocenters. The smallest absolute Gasteiger partial charge is 0.328 e. The fourth-order valence-corrected chi connectivity index (χ4v) is 2.06. The lowest BCUT2D eigenvalue weighted by molar-refractivity contribution is -0.144. The molecule has 22 heavy (non-hydrogen) atoms. The molecule has 0 radical (unpaired) electrons. The Labute approximate surface area is 126 Å². The standard InChI is InChI=1S/C14H17N3O5/c1-5-21-14(20)7(2)16-11(18)9-8(3)22-12-10(9)13(19)17(4)6-15-12/h6-7H,5H2,1-4H3,(H,16,18)/t7-/m0/s1. The Hall–Kier alpha value is -2.64. The fourth-order valence-electron chi connectivity index (χ4n) is 2.06. The van der Waals surface area contributed by atoms with Crippen LogP contribution in [0.1, 0.15) is 30.0 Å². The van der Waals surface area contributed by atoms with Crippen molar-refractivity contribution in [1.29, 1.82) is 0 Å². The molecule has 0 aromatic carbocycles. The molecule has 0 aliphatic rings. The molecule has 0 saturated heterocycles. The molecule has 8 nitrogen and oxygen atoms in total. The van der Waals surface area contributed by atoms with E-state index in [-0.39, 0.29) is 29.0 Å². The maximum Gasteiger partial charge on any atom is 0.328 e. The molecule has 1 atom stereocenters. The SMILES string of the molecule is CCOC(=O)[C@H](C)NC(=O)c1c(C)oc2ncn(C)c(=O)c12. The number of amides is 1. The molecule has 2 rings (SSSR count). The minimum atomic E-state index is -0.836. The second-order valence-electron chi connectivity index (χ2n) is 4.82. The zero-order valence-electron chi connectivity index (χ0n) is 12.8. The largest absolute Gasteiger partial charge is 0.464 e. The van der Waals surface area contributed by atoms with Gasteiger partial charge in [-0.1, -0.05) is 0 Å². The summed E-state index contributed by atoms with van der Waals surface area (Å²) in [5, 5.41) is 2.59. The van der Waals surface area contributed by atoms with Gasteiger partial charge < -0.3 is 19.0 Å². The van der Waals surface area contributed by atoms with Crippen LogP contribution in [0.2, 0.25) is 0 Å². The van der Waals surface area contributed by atoms with Crippen LogP contribution in [0, 0.1) is 6.92 Å². The number of aryl methyl sites for hydroxylation is 2. The van der Waals surface area contributed by atoms with Crippen LogP contribution in [-0.2, 0) is 16.6 Å². The van der Waals surface area contributed by atoms with Gasteiger partial charge in [-0.2, -0.15) is 0 Å². The first-order valence-corrected chi connectivity index (χ1v) is 6.79. The molecule has 0 fully saturated rings. The number of nitrogens with zero attached hydrogens (tertiary/aromatic N) is 2. The highest BCUT2D eigenvalue weighted by Gasteiger charge is 2.25. The number of fused-ring (bicyclic) bond motifs is 1. The predicted octanol–water partition coefficient (Wildman–Crippen LogP) is 0.516. The van der Waals surface area contributed by atoms with Gasteiger partial charge in [-0.25, -0.2) is 9.78 Å². The average molecular weight is 307 g/mol. The van der Waals surface area contributed by atoms with Crippen molar-refractivity contribution in [2.75, 3.05) is 6.61 Å². The summed E-state index contributed by atoms with van der Waals surface area (Å²) in [6.07, 6.45) is 1.32. The zero-order valence-corrected chi connectivity index (χ0v) is 12.8. The molecule has 1 N–H and O–H groups in total. The number of carbonyl (C=O) groups excluding carboxylic acids is 2. The first-order chi connectivity index (χ1) is 10.4. The third-order valence-electron chi connectivity index (χ3n) is 3.16. The lowest BCUT2D eigenvalue weighted by atomic mass is 10.1. The molecule has 0 spiro atoms.